The van der Waals surface area contributed by atoms with Crippen molar-refractivity contribution in [3.05, 3.63) is 56.7 Å². The quantitative estimate of drug-likeness (QED) is 0.0379. The Bertz CT molecular complexity index is 2000. The van der Waals surface area contributed by atoms with Crippen LogP contribution in [-0.2, 0) is 24.0 Å². The maximum Gasteiger partial charge on any atom is 0.512 e. The molecule has 8 N–H and O–H groups in total. The number of oxime groups is 1. The van der Waals surface area contributed by atoms with Crippen LogP contribution in [0.5, 0.6) is 11.5 Å². The average molecular weight is 705 g/mol. The number of anilines is 1. The summed E-state index contributed by atoms with van der Waals surface area (Å²) in [6.45, 7) is 2.01. The van der Waals surface area contributed by atoms with Crippen LogP contribution < -0.4 is 22.0 Å². The zero-order valence-corrected chi connectivity index (χ0v) is 26.2. The Hall–Kier alpha value is -5.83. The molecule has 2 aromatic heterocycles. The molecule has 1 fully saturated rings. The van der Waals surface area contributed by atoms with Crippen LogP contribution in [0.4, 0.5) is 9.93 Å². The third kappa shape index (κ3) is 6.40. The van der Waals surface area contributed by atoms with Gasteiger partial charge >= 0.3 is 17.8 Å². The number of nitrogens with zero attached hydrogens (tertiary/aromatic N) is 3. The van der Waals surface area contributed by atoms with Gasteiger partial charge in [0.05, 0.1) is 0 Å². The first-order valence-electron chi connectivity index (χ1n) is 13.4. The number of phenols is 2. The molecule has 0 bridgehead atoms. The Morgan fingerprint density at radius 3 is 2.58 bits per heavy atom. The minimum Gasteiger partial charge on any atom is -0.504 e. The van der Waals surface area contributed by atoms with Gasteiger partial charge < -0.3 is 50.8 Å². The van der Waals surface area contributed by atoms with Crippen molar-refractivity contribution in [2.45, 2.75) is 30.9 Å². The van der Waals surface area contributed by atoms with Crippen molar-refractivity contribution in [3.63, 3.8) is 0 Å². The van der Waals surface area contributed by atoms with Crippen molar-refractivity contribution in [3.8, 4) is 11.5 Å². The molecule has 2 aliphatic rings. The molecule has 0 radical (unpaired) electrons. The number of hydrogen-bond acceptors (Lipinski definition) is 16. The van der Waals surface area contributed by atoms with Gasteiger partial charge in [0.1, 0.15) is 22.7 Å². The number of carbonyl (C=O) groups excluding carboxylic acids is 3. The van der Waals surface area contributed by atoms with Crippen molar-refractivity contribution in [2.24, 2.45) is 5.16 Å². The topological polar surface area (TPSA) is 294 Å². The summed E-state index contributed by atoms with van der Waals surface area (Å²) in [6, 6.07) is 2.34. The minimum atomic E-state index is -1.83. The number of fused-ring (bicyclic) bond motifs is 2. The largest absolute Gasteiger partial charge is 0.512 e. The molecule has 0 spiro atoms. The van der Waals surface area contributed by atoms with E-state index in [4.69, 9.17) is 19.7 Å². The highest BCUT2D eigenvalue weighted by molar-refractivity contribution is 8.00. The first-order chi connectivity index (χ1) is 22.6. The van der Waals surface area contributed by atoms with Gasteiger partial charge in [0.15, 0.2) is 22.2 Å². The molecule has 21 heteroatoms. The summed E-state index contributed by atoms with van der Waals surface area (Å²) in [7, 11) is 0. The number of amides is 3. The van der Waals surface area contributed by atoms with Crippen LogP contribution in [0.3, 0.4) is 0 Å². The number of carboxylic acid groups (broad SMARTS) is 2. The fraction of sp³-hybridized carbons (Fsp3) is 0.259. The molecule has 0 aliphatic carbocycles. The van der Waals surface area contributed by atoms with Crippen LogP contribution in [0.2, 0.25) is 0 Å². The number of aliphatic carboxylic acids is 1. The van der Waals surface area contributed by atoms with Gasteiger partial charge in [0.2, 0.25) is 17.2 Å². The van der Waals surface area contributed by atoms with Gasteiger partial charge in [-0.2, -0.15) is 0 Å². The van der Waals surface area contributed by atoms with E-state index in [0.29, 0.717) is 0 Å². The SMILES string of the molecule is CC(C)(O/N=C(\C(=O)NC1C(=O)N2C(OC(=O)O)=C(CNC(=O)c3cc4ccc(O)c(O)c4oc3=O)CS[C@@H]12)c1csc(N)n1)C(=O)O. The number of nitrogens with one attached hydrogen (secondary N) is 2. The molecule has 0 saturated carbocycles. The summed E-state index contributed by atoms with van der Waals surface area (Å²) in [4.78, 5) is 84.9. The van der Waals surface area contributed by atoms with E-state index >= 15 is 0 Å². The van der Waals surface area contributed by atoms with Gasteiger partial charge in [-0.25, -0.2) is 19.4 Å². The maximum atomic E-state index is 13.3. The highest BCUT2D eigenvalue weighted by Gasteiger charge is 2.54. The Morgan fingerprint density at radius 2 is 1.94 bits per heavy atom. The first-order valence-corrected chi connectivity index (χ1v) is 15.4. The number of ether oxygens (including phenoxy) is 1. The van der Waals surface area contributed by atoms with E-state index in [9.17, 15) is 49.2 Å². The molecular formula is C27H24N6O13S2. The number of aromatic hydroxyl groups is 2. The Balaban J connectivity index is 1.34. The molecule has 48 heavy (non-hydrogen) atoms. The van der Waals surface area contributed by atoms with E-state index in [2.05, 4.69) is 20.8 Å². The summed E-state index contributed by atoms with van der Waals surface area (Å²) in [6.07, 6.45) is -1.77. The summed E-state index contributed by atoms with van der Waals surface area (Å²) < 4.78 is 9.89. The van der Waals surface area contributed by atoms with E-state index < -0.39 is 81.1 Å². The van der Waals surface area contributed by atoms with Crippen LogP contribution in [0, 0.1) is 0 Å². The number of nitrogen functional groups attached to an aromatic ring is 1. The van der Waals surface area contributed by atoms with Crippen LogP contribution in [0.25, 0.3) is 11.0 Å². The number of thiazole rings is 1. The highest BCUT2D eigenvalue weighted by atomic mass is 32.2. The normalized spacial score (nSPS) is 17.8. The zero-order chi connectivity index (χ0) is 35.1. The smallest absolute Gasteiger partial charge is 0.504 e. The fourth-order valence-electron chi connectivity index (χ4n) is 4.34. The number of carboxylic acids is 1. The number of benzene rings is 1. The molecule has 4 heterocycles. The second-order valence-electron chi connectivity index (χ2n) is 10.5. The number of rotatable bonds is 10. The Morgan fingerprint density at radius 1 is 1.21 bits per heavy atom. The number of aromatic nitrogens is 1. The molecular weight excluding hydrogens is 680 g/mol. The number of thioether (sulfide) groups is 1. The molecule has 3 aromatic rings. The van der Waals surface area contributed by atoms with Gasteiger partial charge in [-0.1, -0.05) is 5.16 Å². The maximum absolute atomic E-state index is 13.3. The van der Waals surface area contributed by atoms with E-state index in [1.807, 2.05) is 0 Å². The molecule has 2 aliphatic heterocycles. The van der Waals surface area contributed by atoms with Crippen molar-refractivity contribution >= 4 is 74.8 Å². The summed E-state index contributed by atoms with van der Waals surface area (Å²) in [5.74, 6) is -5.71. The lowest BCUT2D eigenvalue weighted by Crippen LogP contribution is -2.70. The predicted molar refractivity (Wildman–Crippen MR) is 165 cm³/mol. The Kier molecular flexibility index (Phi) is 8.91. The van der Waals surface area contributed by atoms with Crippen molar-refractivity contribution in [1.82, 2.24) is 20.5 Å². The molecule has 2 atom stereocenters. The predicted octanol–water partition coefficient (Wildman–Crippen LogP) is 0.563. The van der Waals surface area contributed by atoms with E-state index in [0.717, 1.165) is 40.1 Å². The summed E-state index contributed by atoms with van der Waals surface area (Å²) in [5.41, 5.74) is 1.51. The summed E-state index contributed by atoms with van der Waals surface area (Å²) in [5, 5.41) is 47.5. The van der Waals surface area contributed by atoms with Crippen molar-refractivity contribution < 1.29 is 58.4 Å². The number of hydrogen-bond donors (Lipinski definition) is 7. The van der Waals surface area contributed by atoms with Gasteiger partial charge in [0, 0.05) is 28.6 Å². The molecule has 1 aromatic carbocycles. The molecule has 252 valence electrons. The number of phenolic OH excluding ortho intramolecular Hbond substituents is 2. The fourth-order valence-corrected chi connectivity index (χ4v) is 6.21. The Labute approximate surface area is 275 Å². The minimum absolute atomic E-state index is 0.00264. The van der Waals surface area contributed by atoms with Gasteiger partial charge in [0.25, 0.3) is 17.7 Å². The summed E-state index contributed by atoms with van der Waals surface area (Å²) >= 11 is 2.05. The van der Waals surface area contributed by atoms with Crippen molar-refractivity contribution in [2.75, 3.05) is 18.0 Å². The van der Waals surface area contributed by atoms with Crippen LogP contribution >= 0.6 is 23.1 Å². The number of carbonyl (C=O) groups is 5. The van der Waals surface area contributed by atoms with Crippen molar-refractivity contribution in [1.29, 1.82) is 0 Å². The van der Waals surface area contributed by atoms with Gasteiger partial charge in [-0.15, -0.1) is 23.1 Å². The monoisotopic (exact) mass is 704 g/mol. The second kappa shape index (κ2) is 12.8. The van der Waals surface area contributed by atoms with E-state index in [1.165, 1.54) is 25.3 Å². The second-order valence-corrected chi connectivity index (χ2v) is 12.5. The molecule has 3 amide bonds. The van der Waals surface area contributed by atoms with Crippen LogP contribution in [-0.4, -0.2) is 95.2 Å². The van der Waals surface area contributed by atoms with E-state index in [-0.39, 0.29) is 39.7 Å². The molecule has 1 saturated heterocycles. The van der Waals surface area contributed by atoms with Crippen LogP contribution in [0.1, 0.15) is 29.9 Å². The van der Waals surface area contributed by atoms with Gasteiger partial charge in [-0.3, -0.25) is 19.3 Å². The number of nitrogens with two attached hydrogens (primary N) is 1. The zero-order valence-electron chi connectivity index (χ0n) is 24.6. The first kappa shape index (κ1) is 33.5. The lowest BCUT2D eigenvalue weighted by molar-refractivity contribution is -0.161. The lowest BCUT2D eigenvalue weighted by Gasteiger charge is -2.49. The standard InChI is InChI=1S/C27H24N6O13S2/c1-27(2,24(40)41)46-32-14(12-8-48-25(28)30-12)19(37)31-15-20(38)33-21(45-26(42)43)10(7-47-22(15)33)6-29-18(36)11-5-9-3-4-13(34)16(35)17(9)44-23(11)39/h3-5,8,15,22,34-35H,6-7H2,1-2H3,(H2,28,30)(H,29,36)(H,31,37)(H,40,41)(H,42,43)/b32-14-/t15?,22-/m0/s1. The molecule has 1 unspecified atom stereocenters. The van der Waals surface area contributed by atoms with Crippen LogP contribution in [0.15, 0.2) is 49.4 Å². The average Bonchev–Trinajstić information content (AvgIpc) is 3.45. The van der Waals surface area contributed by atoms with E-state index in [1.54, 1.807) is 0 Å². The molecule has 5 rings (SSSR count). The lowest BCUT2D eigenvalue weighted by atomic mass is 10.1. The highest BCUT2D eigenvalue weighted by Crippen LogP contribution is 2.40. The van der Waals surface area contributed by atoms with Gasteiger partial charge in [-0.05, 0) is 32.0 Å². The number of β-lactam (4-membered cyclic amide) rings is 1. The molecule has 19 nitrogen and oxygen atoms in total. The third-order valence-corrected chi connectivity index (χ3v) is 8.90. The third-order valence-electron chi connectivity index (χ3n) is 6.89.